The lowest BCUT2D eigenvalue weighted by Crippen LogP contribution is -2.56. The van der Waals surface area contributed by atoms with E-state index in [1.165, 1.54) is 0 Å². The molecule has 2 aromatic carbocycles. The van der Waals surface area contributed by atoms with Crippen LogP contribution in [0.2, 0.25) is 0 Å². The third-order valence-corrected chi connectivity index (χ3v) is 8.99. The Balaban J connectivity index is 1.37. The fourth-order valence-corrected chi connectivity index (χ4v) is 7.29. The molecule has 4 heterocycles. The molecule has 182 valence electrons. The van der Waals surface area contributed by atoms with Crippen molar-refractivity contribution in [3.63, 3.8) is 0 Å². The van der Waals surface area contributed by atoms with E-state index < -0.39 is 40.4 Å². The van der Waals surface area contributed by atoms with Crippen LogP contribution in [-0.4, -0.2) is 66.8 Å². The second kappa shape index (κ2) is 8.09. The Hall–Kier alpha value is -1.85. The van der Waals surface area contributed by atoms with Crippen LogP contribution in [0.15, 0.2) is 59.5 Å². The summed E-state index contributed by atoms with van der Waals surface area (Å²) in [6.07, 6.45) is -1.18. The van der Waals surface area contributed by atoms with Crippen molar-refractivity contribution in [1.82, 2.24) is 9.37 Å². The molecule has 8 nitrogen and oxygen atoms in total. The van der Waals surface area contributed by atoms with E-state index >= 15 is 0 Å². The maximum atomic E-state index is 13.9. The number of nitrogens with zero attached hydrogens (tertiary/aromatic N) is 2. The molecular weight excluding hydrogens is 456 g/mol. The van der Waals surface area contributed by atoms with Crippen LogP contribution in [0.4, 0.5) is 0 Å². The molecular formula is C25H30N2O6S. The molecule has 0 spiro atoms. The summed E-state index contributed by atoms with van der Waals surface area (Å²) in [6, 6.07) is 16.4. The maximum Gasteiger partial charge on any atom is 0.243 e. The Labute approximate surface area is 200 Å². The second-order valence-corrected chi connectivity index (χ2v) is 11.9. The molecule has 4 aliphatic rings. The molecule has 0 amide bonds. The van der Waals surface area contributed by atoms with E-state index in [0.717, 1.165) is 11.1 Å². The monoisotopic (exact) mass is 486 g/mol. The Morgan fingerprint density at radius 3 is 2.47 bits per heavy atom. The number of hydrogen-bond donors (Lipinski definition) is 0. The molecule has 0 aliphatic carbocycles. The van der Waals surface area contributed by atoms with E-state index in [0.29, 0.717) is 13.0 Å². The number of benzene rings is 2. The molecule has 0 aromatic heterocycles. The number of sulfonamides is 1. The van der Waals surface area contributed by atoms with Crippen LogP contribution in [0.5, 0.6) is 0 Å². The molecule has 4 fully saturated rings. The molecule has 0 saturated carbocycles. The highest BCUT2D eigenvalue weighted by Gasteiger charge is 2.63. The first-order chi connectivity index (χ1) is 16.2. The summed E-state index contributed by atoms with van der Waals surface area (Å²) in [4.78, 5) is 6.55. The van der Waals surface area contributed by atoms with Crippen molar-refractivity contribution in [1.29, 1.82) is 0 Å². The van der Waals surface area contributed by atoms with Gasteiger partial charge in [-0.15, -0.1) is 0 Å². The molecule has 0 N–H and O–H groups in total. The van der Waals surface area contributed by atoms with Crippen LogP contribution in [0.3, 0.4) is 0 Å². The third-order valence-electron chi connectivity index (χ3n) is 7.12. The number of aryl methyl sites for hydroxylation is 1. The van der Waals surface area contributed by atoms with E-state index in [-0.39, 0.29) is 23.6 Å². The fourth-order valence-electron chi connectivity index (χ4n) is 5.61. The standard InChI is InChI=1S/C25H30N2O6S/c1-16-9-11-19(12-10-16)34(28,29)27-15-18-13-20(26(33-18)14-17-7-5-4-6-8-17)22-21(27)23-24(30-22)32-25(2,3)31-23/h4-12,18,20-24H,13-15H2,1-3H3/t18-,20+,21+,22+,23+,24+/m0/s1. The molecule has 2 aromatic rings. The molecule has 6 atom stereocenters. The van der Waals surface area contributed by atoms with Gasteiger partial charge in [0, 0.05) is 13.1 Å². The van der Waals surface area contributed by atoms with E-state index in [2.05, 4.69) is 12.1 Å². The average molecular weight is 487 g/mol. The van der Waals surface area contributed by atoms with Crippen LogP contribution >= 0.6 is 0 Å². The van der Waals surface area contributed by atoms with E-state index in [1.807, 2.05) is 56.2 Å². The van der Waals surface area contributed by atoms with Crippen molar-refractivity contribution in [3.8, 4) is 0 Å². The first-order valence-corrected chi connectivity index (χ1v) is 13.2. The Bertz CT molecular complexity index is 1160. The summed E-state index contributed by atoms with van der Waals surface area (Å²) < 4.78 is 48.0. The van der Waals surface area contributed by atoms with Crippen molar-refractivity contribution < 1.29 is 27.5 Å². The molecule has 0 radical (unpaired) electrons. The molecule has 9 heteroatoms. The number of fused-ring (bicyclic) bond motifs is 6. The lowest BCUT2D eigenvalue weighted by molar-refractivity contribution is -0.239. The van der Waals surface area contributed by atoms with Gasteiger partial charge in [0.15, 0.2) is 12.1 Å². The number of hydroxylamine groups is 2. The Kier molecular flexibility index (Phi) is 5.38. The Morgan fingerprint density at radius 2 is 1.74 bits per heavy atom. The van der Waals surface area contributed by atoms with Crippen molar-refractivity contribution in [2.24, 2.45) is 0 Å². The van der Waals surface area contributed by atoms with Gasteiger partial charge in [-0.05, 0) is 44.9 Å². The molecule has 2 bridgehead atoms. The summed E-state index contributed by atoms with van der Waals surface area (Å²) in [7, 11) is -3.81. The zero-order valence-corrected chi connectivity index (χ0v) is 20.4. The van der Waals surface area contributed by atoms with Gasteiger partial charge in [-0.25, -0.2) is 8.42 Å². The Morgan fingerprint density at radius 1 is 1.00 bits per heavy atom. The summed E-state index contributed by atoms with van der Waals surface area (Å²) in [6.45, 7) is 6.43. The van der Waals surface area contributed by atoms with Crippen LogP contribution in [0.1, 0.15) is 31.4 Å². The van der Waals surface area contributed by atoms with Gasteiger partial charge in [-0.2, -0.15) is 9.37 Å². The van der Waals surface area contributed by atoms with Crippen LogP contribution in [0, 0.1) is 6.92 Å². The first-order valence-electron chi connectivity index (χ1n) is 11.8. The number of ether oxygens (including phenoxy) is 3. The molecule has 0 unspecified atom stereocenters. The van der Waals surface area contributed by atoms with Gasteiger partial charge in [0.1, 0.15) is 6.10 Å². The molecule has 4 saturated heterocycles. The van der Waals surface area contributed by atoms with Crippen molar-refractivity contribution in [3.05, 3.63) is 65.7 Å². The smallest absolute Gasteiger partial charge is 0.243 e. The van der Waals surface area contributed by atoms with Gasteiger partial charge in [0.05, 0.1) is 29.2 Å². The first kappa shape index (κ1) is 22.6. The molecule has 6 rings (SSSR count). The summed E-state index contributed by atoms with van der Waals surface area (Å²) >= 11 is 0. The zero-order valence-electron chi connectivity index (χ0n) is 19.5. The van der Waals surface area contributed by atoms with Gasteiger partial charge in [-0.1, -0.05) is 48.0 Å². The van der Waals surface area contributed by atoms with Crippen LogP contribution in [0.25, 0.3) is 0 Å². The SMILES string of the molecule is Cc1ccc(S(=O)(=O)N2C[C@@H]3C[C@H]([C@H]4O[C@@H]5OC(C)(C)O[C@@H]5[C@@H]42)N(Cc2ccccc2)O3)cc1. The van der Waals surface area contributed by atoms with Gasteiger partial charge in [0.25, 0.3) is 0 Å². The maximum absolute atomic E-state index is 13.9. The van der Waals surface area contributed by atoms with Crippen LogP contribution < -0.4 is 0 Å². The fraction of sp³-hybridized carbons (Fsp3) is 0.520. The quantitative estimate of drug-likeness (QED) is 0.658. The van der Waals surface area contributed by atoms with Crippen molar-refractivity contribution in [2.75, 3.05) is 6.54 Å². The zero-order chi connectivity index (χ0) is 23.7. The highest BCUT2D eigenvalue weighted by molar-refractivity contribution is 7.89. The predicted octanol–water partition coefficient (Wildman–Crippen LogP) is 2.82. The topological polar surface area (TPSA) is 77.5 Å². The summed E-state index contributed by atoms with van der Waals surface area (Å²) in [5.41, 5.74) is 2.13. The van der Waals surface area contributed by atoms with Gasteiger partial charge >= 0.3 is 0 Å². The molecule has 34 heavy (non-hydrogen) atoms. The summed E-state index contributed by atoms with van der Waals surface area (Å²) in [5.74, 6) is -0.842. The minimum absolute atomic E-state index is 0.116. The largest absolute Gasteiger partial charge is 0.343 e. The highest BCUT2D eigenvalue weighted by Crippen LogP contribution is 2.46. The van der Waals surface area contributed by atoms with E-state index in [4.69, 9.17) is 19.0 Å². The highest BCUT2D eigenvalue weighted by atomic mass is 32.2. The van der Waals surface area contributed by atoms with E-state index in [9.17, 15) is 8.42 Å². The second-order valence-electron chi connectivity index (χ2n) is 10.0. The minimum atomic E-state index is -3.81. The average Bonchev–Trinajstić information content (AvgIpc) is 3.38. The summed E-state index contributed by atoms with van der Waals surface area (Å²) in [5, 5.41) is 1.96. The number of hydrogen-bond acceptors (Lipinski definition) is 7. The van der Waals surface area contributed by atoms with E-state index in [1.54, 1.807) is 16.4 Å². The number of rotatable bonds is 4. The van der Waals surface area contributed by atoms with Gasteiger partial charge < -0.3 is 14.2 Å². The predicted molar refractivity (Wildman–Crippen MR) is 123 cm³/mol. The lowest BCUT2D eigenvalue weighted by atomic mass is 9.99. The van der Waals surface area contributed by atoms with Gasteiger partial charge in [-0.3, -0.25) is 4.84 Å². The normalized spacial score (nSPS) is 35.1. The van der Waals surface area contributed by atoms with Crippen LogP contribution in [-0.2, 0) is 35.6 Å². The third kappa shape index (κ3) is 3.80. The van der Waals surface area contributed by atoms with Crippen molar-refractivity contribution >= 4 is 10.0 Å². The lowest BCUT2D eigenvalue weighted by Gasteiger charge is -2.38. The molecule has 4 aliphatic heterocycles. The minimum Gasteiger partial charge on any atom is -0.343 e. The van der Waals surface area contributed by atoms with Gasteiger partial charge in [0.2, 0.25) is 10.0 Å². The van der Waals surface area contributed by atoms with Crippen molar-refractivity contribution in [2.45, 2.75) is 81.1 Å².